The Morgan fingerprint density at radius 2 is 1.84 bits per heavy atom. The highest BCUT2D eigenvalue weighted by Crippen LogP contribution is 2.17. The fourth-order valence-electron chi connectivity index (χ4n) is 1.44. The summed E-state index contributed by atoms with van der Waals surface area (Å²) in [5.41, 5.74) is 0.461. The van der Waals surface area contributed by atoms with E-state index in [9.17, 15) is 13.6 Å². The first-order chi connectivity index (χ1) is 9.04. The van der Waals surface area contributed by atoms with Gasteiger partial charge in [-0.05, 0) is 30.3 Å². The predicted molar refractivity (Wildman–Crippen MR) is 73.1 cm³/mol. The molecule has 6 heteroatoms. The van der Waals surface area contributed by atoms with E-state index < -0.39 is 17.7 Å². The molecule has 2 amide bonds. The number of hydrogen-bond donors (Lipinski definition) is 2. The fraction of sp³-hybridized carbons (Fsp3) is 0. The first-order valence-electron chi connectivity index (χ1n) is 5.33. The van der Waals surface area contributed by atoms with Gasteiger partial charge in [0.2, 0.25) is 0 Å². The van der Waals surface area contributed by atoms with Crippen LogP contribution in [-0.2, 0) is 0 Å². The van der Waals surface area contributed by atoms with Gasteiger partial charge in [0.1, 0.15) is 11.6 Å². The number of carbonyl (C=O) groups is 1. The van der Waals surface area contributed by atoms with E-state index in [1.165, 1.54) is 0 Å². The Bertz CT molecular complexity index is 619. The van der Waals surface area contributed by atoms with Gasteiger partial charge in [-0.2, -0.15) is 0 Å². The molecule has 0 radical (unpaired) electrons. The lowest BCUT2D eigenvalue weighted by Crippen LogP contribution is -2.20. The van der Waals surface area contributed by atoms with Crippen LogP contribution in [0.5, 0.6) is 0 Å². The molecular formula is C13H9BrF2N2O. The van der Waals surface area contributed by atoms with E-state index >= 15 is 0 Å². The number of amides is 2. The Labute approximate surface area is 116 Å². The Kier molecular flexibility index (Phi) is 4.11. The lowest BCUT2D eigenvalue weighted by atomic mass is 10.3. The Hall–Kier alpha value is -1.95. The third-order valence-electron chi connectivity index (χ3n) is 2.26. The molecule has 2 N–H and O–H groups in total. The fourth-order valence-corrected chi connectivity index (χ4v) is 1.84. The molecule has 19 heavy (non-hydrogen) atoms. The summed E-state index contributed by atoms with van der Waals surface area (Å²) in [5.74, 6) is -1.53. The molecule has 0 saturated heterocycles. The van der Waals surface area contributed by atoms with Gasteiger partial charge < -0.3 is 10.6 Å². The summed E-state index contributed by atoms with van der Waals surface area (Å²) < 4.78 is 26.8. The second-order valence-corrected chi connectivity index (χ2v) is 4.63. The Morgan fingerprint density at radius 1 is 1.05 bits per heavy atom. The molecular weight excluding hydrogens is 318 g/mol. The standard InChI is InChI=1S/C13H9BrF2N2O/c14-8-2-1-3-10(6-8)17-13(19)18-12-5-4-9(15)7-11(12)16/h1-7H,(H2,17,18,19). The van der Waals surface area contributed by atoms with Crippen LogP contribution in [0.4, 0.5) is 25.0 Å². The summed E-state index contributed by atoms with van der Waals surface area (Å²) in [4.78, 5) is 11.6. The van der Waals surface area contributed by atoms with Gasteiger partial charge in [0.15, 0.2) is 0 Å². The lowest BCUT2D eigenvalue weighted by molar-refractivity contribution is 0.262. The number of carbonyl (C=O) groups excluding carboxylic acids is 1. The smallest absolute Gasteiger partial charge is 0.308 e. The van der Waals surface area contributed by atoms with Crippen molar-refractivity contribution in [2.75, 3.05) is 10.6 Å². The number of nitrogens with one attached hydrogen (secondary N) is 2. The molecule has 3 nitrogen and oxygen atoms in total. The van der Waals surface area contributed by atoms with Crippen LogP contribution in [0.1, 0.15) is 0 Å². The molecule has 2 aromatic rings. The highest BCUT2D eigenvalue weighted by Gasteiger charge is 2.08. The maximum atomic E-state index is 13.3. The quantitative estimate of drug-likeness (QED) is 0.845. The average Bonchev–Trinajstić information content (AvgIpc) is 2.33. The maximum Gasteiger partial charge on any atom is 0.323 e. The van der Waals surface area contributed by atoms with E-state index in [1.807, 2.05) is 6.07 Å². The first-order valence-corrected chi connectivity index (χ1v) is 6.12. The molecule has 0 aromatic heterocycles. The third-order valence-corrected chi connectivity index (χ3v) is 2.76. The van der Waals surface area contributed by atoms with Crippen LogP contribution in [0.2, 0.25) is 0 Å². The summed E-state index contributed by atoms with van der Waals surface area (Å²) in [6.45, 7) is 0. The van der Waals surface area contributed by atoms with Gasteiger partial charge >= 0.3 is 6.03 Å². The molecule has 0 spiro atoms. The largest absolute Gasteiger partial charge is 0.323 e. The molecule has 0 fully saturated rings. The number of benzene rings is 2. The molecule has 0 aliphatic carbocycles. The molecule has 0 unspecified atom stereocenters. The summed E-state index contributed by atoms with van der Waals surface area (Å²) >= 11 is 3.27. The molecule has 0 aliphatic heterocycles. The van der Waals surface area contributed by atoms with Crippen LogP contribution in [0.15, 0.2) is 46.9 Å². The van der Waals surface area contributed by atoms with Gasteiger partial charge in [-0.25, -0.2) is 13.6 Å². The predicted octanol–water partition coefficient (Wildman–Crippen LogP) is 4.37. The lowest BCUT2D eigenvalue weighted by Gasteiger charge is -2.08. The molecule has 0 bridgehead atoms. The topological polar surface area (TPSA) is 41.1 Å². The van der Waals surface area contributed by atoms with Gasteiger partial charge in [0.25, 0.3) is 0 Å². The van der Waals surface area contributed by atoms with Crippen LogP contribution >= 0.6 is 15.9 Å². The minimum absolute atomic E-state index is 0.0890. The van der Waals surface area contributed by atoms with Crippen molar-refractivity contribution in [1.29, 1.82) is 0 Å². The second kappa shape index (κ2) is 5.79. The summed E-state index contributed by atoms with van der Waals surface area (Å²) in [6, 6.07) is 9.26. The molecule has 0 aliphatic rings. The normalized spacial score (nSPS) is 10.1. The molecule has 2 aromatic carbocycles. The molecule has 0 atom stereocenters. The van der Waals surface area contributed by atoms with Crippen molar-refractivity contribution in [3.05, 3.63) is 58.6 Å². The highest BCUT2D eigenvalue weighted by atomic mass is 79.9. The monoisotopic (exact) mass is 326 g/mol. The van der Waals surface area contributed by atoms with Crippen molar-refractivity contribution in [3.63, 3.8) is 0 Å². The van der Waals surface area contributed by atoms with Crippen LogP contribution in [0, 0.1) is 11.6 Å². The van der Waals surface area contributed by atoms with Crippen molar-refractivity contribution >= 4 is 33.3 Å². The molecule has 2 rings (SSSR count). The zero-order valence-corrected chi connectivity index (χ0v) is 11.2. The van der Waals surface area contributed by atoms with Crippen molar-refractivity contribution in [3.8, 4) is 0 Å². The molecule has 0 heterocycles. The van der Waals surface area contributed by atoms with E-state index in [0.717, 1.165) is 16.6 Å². The minimum atomic E-state index is -0.829. The molecule has 98 valence electrons. The van der Waals surface area contributed by atoms with Gasteiger partial charge in [0.05, 0.1) is 5.69 Å². The van der Waals surface area contributed by atoms with Crippen LogP contribution in [-0.4, -0.2) is 6.03 Å². The van der Waals surface area contributed by atoms with Crippen LogP contribution in [0.3, 0.4) is 0 Å². The van der Waals surface area contributed by atoms with E-state index in [0.29, 0.717) is 11.8 Å². The van der Waals surface area contributed by atoms with E-state index in [-0.39, 0.29) is 5.69 Å². The molecule has 0 saturated carbocycles. The second-order valence-electron chi connectivity index (χ2n) is 3.71. The van der Waals surface area contributed by atoms with Crippen molar-refractivity contribution in [2.45, 2.75) is 0 Å². The zero-order valence-electron chi connectivity index (χ0n) is 9.58. The number of anilines is 2. The average molecular weight is 327 g/mol. The zero-order chi connectivity index (χ0) is 13.8. The van der Waals surface area contributed by atoms with Gasteiger partial charge in [-0.3, -0.25) is 0 Å². The Balaban J connectivity index is 2.05. The van der Waals surface area contributed by atoms with E-state index in [2.05, 4.69) is 26.6 Å². The van der Waals surface area contributed by atoms with E-state index in [4.69, 9.17) is 0 Å². The summed E-state index contributed by atoms with van der Waals surface area (Å²) in [7, 11) is 0. The number of hydrogen-bond acceptors (Lipinski definition) is 1. The van der Waals surface area contributed by atoms with Gasteiger partial charge in [0, 0.05) is 16.2 Å². The summed E-state index contributed by atoms with van der Waals surface area (Å²) in [5, 5.41) is 4.83. The SMILES string of the molecule is O=C(Nc1cccc(Br)c1)Nc1ccc(F)cc1F. The highest BCUT2D eigenvalue weighted by molar-refractivity contribution is 9.10. The maximum absolute atomic E-state index is 13.3. The van der Waals surface area contributed by atoms with Crippen molar-refractivity contribution in [2.24, 2.45) is 0 Å². The van der Waals surface area contributed by atoms with Gasteiger partial charge in [-0.1, -0.05) is 22.0 Å². The number of rotatable bonds is 2. The van der Waals surface area contributed by atoms with E-state index in [1.54, 1.807) is 18.2 Å². The van der Waals surface area contributed by atoms with Gasteiger partial charge in [-0.15, -0.1) is 0 Å². The van der Waals surface area contributed by atoms with Crippen molar-refractivity contribution in [1.82, 2.24) is 0 Å². The van der Waals surface area contributed by atoms with Crippen LogP contribution in [0.25, 0.3) is 0 Å². The number of urea groups is 1. The minimum Gasteiger partial charge on any atom is -0.308 e. The number of halogens is 3. The van der Waals surface area contributed by atoms with Crippen LogP contribution < -0.4 is 10.6 Å². The summed E-state index contributed by atoms with van der Waals surface area (Å²) in [6.07, 6.45) is 0. The van der Waals surface area contributed by atoms with Crippen molar-refractivity contribution < 1.29 is 13.6 Å². The Morgan fingerprint density at radius 3 is 2.53 bits per heavy atom. The first kappa shape index (κ1) is 13.5. The third kappa shape index (κ3) is 3.75.